The fourth-order valence-electron chi connectivity index (χ4n) is 8.00. The highest BCUT2D eigenvalue weighted by Gasteiger charge is 2.19. The zero-order valence-corrected chi connectivity index (χ0v) is 37.3. The molecule has 1 aromatic rings. The van der Waals surface area contributed by atoms with E-state index in [9.17, 15) is 9.59 Å². The average molecular weight is 794 g/mol. The van der Waals surface area contributed by atoms with Crippen LogP contribution in [0.4, 0.5) is 11.4 Å². The van der Waals surface area contributed by atoms with E-state index in [-0.39, 0.29) is 18.4 Å². The number of nitrogens with one attached hydrogen (secondary N) is 2. The number of carbonyl (C=O) groups is 2. The van der Waals surface area contributed by atoms with Crippen molar-refractivity contribution in [3.8, 4) is 0 Å². The van der Waals surface area contributed by atoms with Gasteiger partial charge in [0.1, 0.15) is 11.4 Å². The minimum absolute atomic E-state index is 0.250. The van der Waals surface area contributed by atoms with Gasteiger partial charge >= 0.3 is 0 Å². The molecular weight excluding hydrogens is 703 g/mol. The van der Waals surface area contributed by atoms with Crippen LogP contribution in [0, 0.1) is 11.8 Å². The zero-order chi connectivity index (χ0) is 41.9. The van der Waals surface area contributed by atoms with Gasteiger partial charge in [-0.2, -0.15) is 0 Å². The first kappa shape index (κ1) is 55.7. The molecule has 0 aliphatic rings. The molecule has 0 aromatic heterocycles. The van der Waals surface area contributed by atoms with Crippen LogP contribution in [0.3, 0.4) is 0 Å². The summed E-state index contributed by atoms with van der Waals surface area (Å²) in [5.41, 5.74) is 0.165. The number of rotatable bonds is 39. The molecule has 9 heteroatoms. The number of hydrogen-bond donors (Lipinski definition) is 4. The van der Waals surface area contributed by atoms with Crippen molar-refractivity contribution in [1.82, 2.24) is 4.90 Å². The van der Waals surface area contributed by atoms with Crippen molar-refractivity contribution in [3.63, 3.8) is 0 Å². The van der Waals surface area contributed by atoms with Crippen LogP contribution < -0.4 is 21.5 Å². The van der Waals surface area contributed by atoms with Crippen LogP contribution in [0.25, 0.3) is 0 Å². The van der Waals surface area contributed by atoms with Gasteiger partial charge in [-0.05, 0) is 50.7 Å². The van der Waals surface area contributed by atoms with Gasteiger partial charge in [-0.15, -0.1) is 0 Å². The van der Waals surface area contributed by atoms with E-state index in [1.165, 1.54) is 199 Å². The first-order chi connectivity index (χ1) is 27.3. The predicted molar refractivity (Wildman–Crippen MR) is 241 cm³/mol. The molecule has 1 rings (SSSR count). The lowest BCUT2D eigenvalue weighted by atomic mass is 9.90. The summed E-state index contributed by atoms with van der Waals surface area (Å²) in [7, 11) is 1.71. The van der Waals surface area contributed by atoms with Crippen LogP contribution in [0.2, 0.25) is 0 Å². The number of nitrogens with zero attached hydrogens (tertiary/aromatic N) is 1. The third kappa shape index (κ3) is 32.6. The first-order valence-electron chi connectivity index (χ1n) is 23.5. The molecule has 0 spiro atoms. The third-order valence-corrected chi connectivity index (χ3v) is 11.4. The molecule has 0 bridgehead atoms. The summed E-state index contributed by atoms with van der Waals surface area (Å²) >= 11 is 0. The molecule has 4 N–H and O–H groups in total. The van der Waals surface area contributed by atoms with Gasteiger partial charge in [0.15, 0.2) is 0 Å². The molecule has 330 valence electrons. The average Bonchev–Trinajstić information content (AvgIpc) is 3.19. The maximum Gasteiger partial charge on any atom is 0.290 e. The molecule has 9 nitrogen and oxygen atoms in total. The number of carboxylic acid groups (broad SMARTS) is 2. The van der Waals surface area contributed by atoms with E-state index in [0.717, 1.165) is 31.3 Å². The fraction of sp³-hybridized carbons (Fsp3) is 0.872. The van der Waals surface area contributed by atoms with Crippen molar-refractivity contribution in [2.24, 2.45) is 11.8 Å². The molecule has 0 aliphatic carbocycles. The van der Waals surface area contributed by atoms with Crippen molar-refractivity contribution in [1.29, 1.82) is 0 Å². The largest absolute Gasteiger partial charge is 0.483 e. The van der Waals surface area contributed by atoms with Crippen LogP contribution in [0.15, 0.2) is 9.59 Å². The van der Waals surface area contributed by atoms with Gasteiger partial charge in [0.25, 0.3) is 23.8 Å². The van der Waals surface area contributed by atoms with Crippen molar-refractivity contribution in [2.45, 2.75) is 220 Å². The molecule has 0 fully saturated rings. The maximum atomic E-state index is 11.9. The van der Waals surface area contributed by atoms with Gasteiger partial charge in [-0.25, -0.2) is 0 Å². The van der Waals surface area contributed by atoms with Gasteiger partial charge in [0.2, 0.25) is 0 Å². The second kappa shape index (κ2) is 43.7. The first-order valence-corrected chi connectivity index (χ1v) is 23.5. The van der Waals surface area contributed by atoms with Gasteiger partial charge in [0, 0.05) is 13.6 Å². The van der Waals surface area contributed by atoms with Crippen LogP contribution in [0.1, 0.15) is 220 Å². The summed E-state index contributed by atoms with van der Waals surface area (Å²) in [6.45, 7) is 13.0. The number of hydrogen-bond acceptors (Lipinski definition) is 7. The van der Waals surface area contributed by atoms with Gasteiger partial charge in [0.05, 0.1) is 0 Å². The van der Waals surface area contributed by atoms with Crippen LogP contribution in [-0.4, -0.2) is 61.3 Å². The molecule has 56 heavy (non-hydrogen) atoms. The Morgan fingerprint density at radius 2 is 0.768 bits per heavy atom. The normalized spacial score (nSPS) is 11.1. The minimum Gasteiger partial charge on any atom is -0.483 e. The molecule has 0 saturated carbocycles. The van der Waals surface area contributed by atoms with E-state index >= 15 is 0 Å². The molecule has 0 aliphatic heterocycles. The Labute approximate surface area is 344 Å². The number of anilines is 2. The van der Waals surface area contributed by atoms with Gasteiger partial charge in [-0.3, -0.25) is 19.2 Å². The summed E-state index contributed by atoms with van der Waals surface area (Å²) in [4.78, 5) is 43.1. The molecule has 1 aromatic carbocycles. The van der Waals surface area contributed by atoms with E-state index in [1.54, 1.807) is 7.05 Å². The summed E-state index contributed by atoms with van der Waals surface area (Å²) < 4.78 is 0. The predicted octanol–water partition coefficient (Wildman–Crippen LogP) is 12.5. The van der Waals surface area contributed by atoms with E-state index in [0.29, 0.717) is 11.4 Å². The fourth-order valence-corrected chi connectivity index (χ4v) is 8.00. The van der Waals surface area contributed by atoms with Gasteiger partial charge in [-0.1, -0.05) is 201 Å². The Bertz CT molecular complexity index is 1020. The Balaban J connectivity index is 0. The Kier molecular flexibility index (Phi) is 43.4. The Hall–Kier alpha value is -2.42. The van der Waals surface area contributed by atoms with Crippen LogP contribution in [0.5, 0.6) is 0 Å². The maximum absolute atomic E-state index is 11.9. The monoisotopic (exact) mass is 794 g/mol. The van der Waals surface area contributed by atoms with Crippen molar-refractivity contribution >= 4 is 24.3 Å². The molecule has 0 saturated heterocycles. The molecule has 0 unspecified atom stereocenters. The van der Waals surface area contributed by atoms with E-state index in [2.05, 4.69) is 43.2 Å². The minimum atomic E-state index is -0.390. The highest BCUT2D eigenvalue weighted by molar-refractivity contribution is 5.73. The summed E-state index contributed by atoms with van der Waals surface area (Å²) in [5, 5.41) is 19.9. The van der Waals surface area contributed by atoms with Gasteiger partial charge < -0.3 is 25.7 Å². The summed E-state index contributed by atoms with van der Waals surface area (Å²) in [6, 6.07) is 0. The quantitative estimate of drug-likeness (QED) is 0.0292. The smallest absolute Gasteiger partial charge is 0.290 e. The number of unbranched alkanes of at least 4 members (excludes halogenated alkanes) is 17. The topological polar surface area (TPSA) is 136 Å². The summed E-state index contributed by atoms with van der Waals surface area (Å²) in [5.74, 6) is 1.96. The van der Waals surface area contributed by atoms with E-state index < -0.39 is 5.43 Å². The lowest BCUT2D eigenvalue weighted by Crippen LogP contribution is -2.37. The highest BCUT2D eigenvalue weighted by atomic mass is 16.3. The van der Waals surface area contributed by atoms with Crippen molar-refractivity contribution < 1.29 is 19.8 Å². The van der Waals surface area contributed by atoms with Crippen molar-refractivity contribution in [3.05, 3.63) is 20.4 Å². The highest BCUT2D eigenvalue weighted by Crippen LogP contribution is 2.25. The van der Waals surface area contributed by atoms with E-state index in [4.69, 9.17) is 19.8 Å². The second-order valence-electron chi connectivity index (χ2n) is 16.2. The molecular formula is C47H91N3O6. The third-order valence-electron chi connectivity index (χ3n) is 11.4. The van der Waals surface area contributed by atoms with Crippen LogP contribution >= 0.6 is 0 Å². The molecule has 0 radical (unpaired) electrons. The van der Waals surface area contributed by atoms with Crippen LogP contribution in [-0.2, 0) is 9.59 Å². The van der Waals surface area contributed by atoms with E-state index in [1.807, 2.05) is 0 Å². The Morgan fingerprint density at radius 3 is 1.14 bits per heavy atom. The lowest BCUT2D eigenvalue weighted by Gasteiger charge is -2.23. The Morgan fingerprint density at radius 1 is 0.464 bits per heavy atom. The summed E-state index contributed by atoms with van der Waals surface area (Å²) in [6.07, 6.45) is 41.6. The second-order valence-corrected chi connectivity index (χ2v) is 16.2. The molecule has 0 heterocycles. The van der Waals surface area contributed by atoms with Crippen molar-refractivity contribution in [2.75, 3.05) is 43.9 Å². The SMILES string of the molecule is CCCCCC(CCCCC)CCCCCCCCCN(CCCCCCCCC(CCCC)CCCC)CCCNc1c(NC)c(=O)c1=O.O=CO.O=CO. The molecule has 0 atom stereocenters. The standard InChI is InChI=1S/C45H87N3O2.2CH2O2/c1-6-10-23-32-41(33-24-11-7-2)35-26-19-15-14-17-21-27-37-48(39-29-36-47-43-42(46-5)44(49)45(43)50)38-28-22-18-16-20-25-34-40(30-12-8-3)31-13-9-4;2*2-1-3/h40-41,46-47H,6-39H2,1-5H3;2*1H,(H,2,3). The zero-order valence-electron chi connectivity index (χ0n) is 37.3. The lowest BCUT2D eigenvalue weighted by molar-refractivity contribution is -0.123. The molecule has 0 amide bonds.